The first-order valence-electron chi connectivity index (χ1n) is 9.73. The smallest absolute Gasteiger partial charge is 0.272 e. The van der Waals surface area contributed by atoms with Gasteiger partial charge in [-0.05, 0) is 40.1 Å². The summed E-state index contributed by atoms with van der Waals surface area (Å²) in [4.78, 5) is 12.7. The standard InChI is InChI=1S/C24H19N3O3S/c25-31(29,30)22-13-11-17-8-4-5-9-19(17)23(22)18-10-12-21-20(14-18)24(28)26-27(21)15-16-6-2-1-3-7-16/h1-14H,15H2,(H,26,28)(H2,25,29,30). The lowest BCUT2D eigenvalue weighted by Crippen LogP contribution is -2.13. The lowest BCUT2D eigenvalue weighted by atomic mass is 9.97. The predicted octanol–water partition coefficient (Wildman–Crippen LogP) is 3.85. The number of H-pyrrole nitrogens is 1. The van der Waals surface area contributed by atoms with Gasteiger partial charge in [0.1, 0.15) is 0 Å². The molecule has 0 amide bonds. The fourth-order valence-electron chi connectivity index (χ4n) is 4.03. The molecule has 3 N–H and O–H groups in total. The van der Waals surface area contributed by atoms with Gasteiger partial charge in [0.2, 0.25) is 10.0 Å². The number of benzene rings is 4. The minimum absolute atomic E-state index is 0.0331. The highest BCUT2D eigenvalue weighted by atomic mass is 32.2. The van der Waals surface area contributed by atoms with E-state index in [2.05, 4.69) is 5.10 Å². The van der Waals surface area contributed by atoms with Gasteiger partial charge < -0.3 is 0 Å². The molecule has 0 spiro atoms. The first-order valence-corrected chi connectivity index (χ1v) is 11.3. The van der Waals surface area contributed by atoms with Crippen LogP contribution in [0, 0.1) is 0 Å². The Bertz CT molecular complexity index is 1600. The molecule has 0 fully saturated rings. The summed E-state index contributed by atoms with van der Waals surface area (Å²) in [6.45, 7) is 0.523. The van der Waals surface area contributed by atoms with Crippen molar-refractivity contribution in [3.63, 3.8) is 0 Å². The molecule has 31 heavy (non-hydrogen) atoms. The van der Waals surface area contributed by atoms with E-state index in [1.54, 1.807) is 16.8 Å². The first kappa shape index (κ1) is 19.3. The molecule has 5 aromatic rings. The molecule has 0 aliphatic rings. The number of nitrogens with two attached hydrogens (primary N) is 1. The molecule has 4 aromatic carbocycles. The third kappa shape index (κ3) is 3.43. The molecule has 0 saturated heterocycles. The number of nitrogens with one attached hydrogen (secondary N) is 1. The van der Waals surface area contributed by atoms with E-state index in [0.29, 0.717) is 23.1 Å². The van der Waals surface area contributed by atoms with Crippen molar-refractivity contribution < 1.29 is 8.42 Å². The summed E-state index contributed by atoms with van der Waals surface area (Å²) in [5, 5.41) is 10.5. The summed E-state index contributed by atoms with van der Waals surface area (Å²) in [5.74, 6) is 0. The van der Waals surface area contributed by atoms with E-state index < -0.39 is 10.0 Å². The number of fused-ring (bicyclic) bond motifs is 2. The molecule has 0 saturated carbocycles. The van der Waals surface area contributed by atoms with Crippen LogP contribution in [-0.2, 0) is 16.6 Å². The van der Waals surface area contributed by atoms with Crippen molar-refractivity contribution in [1.82, 2.24) is 9.78 Å². The Hall–Kier alpha value is -3.68. The molecule has 0 radical (unpaired) electrons. The zero-order chi connectivity index (χ0) is 21.6. The van der Waals surface area contributed by atoms with Crippen LogP contribution in [0.1, 0.15) is 5.56 Å². The van der Waals surface area contributed by atoms with Crippen LogP contribution in [0.15, 0.2) is 94.6 Å². The third-order valence-electron chi connectivity index (χ3n) is 5.44. The van der Waals surface area contributed by atoms with Crippen molar-refractivity contribution in [2.75, 3.05) is 0 Å². The summed E-state index contributed by atoms with van der Waals surface area (Å²) < 4.78 is 26.4. The van der Waals surface area contributed by atoms with Crippen molar-refractivity contribution in [3.05, 3.63) is 101 Å². The van der Waals surface area contributed by atoms with Crippen molar-refractivity contribution in [1.29, 1.82) is 0 Å². The number of aromatic nitrogens is 2. The van der Waals surface area contributed by atoms with Crippen LogP contribution < -0.4 is 10.7 Å². The lowest BCUT2D eigenvalue weighted by Gasteiger charge is -2.12. The molecule has 0 atom stereocenters. The maximum absolute atomic E-state index is 12.7. The monoisotopic (exact) mass is 429 g/mol. The summed E-state index contributed by atoms with van der Waals surface area (Å²) in [6, 6.07) is 26.0. The Morgan fingerprint density at radius 2 is 1.58 bits per heavy atom. The SMILES string of the molecule is NS(=O)(=O)c1ccc2ccccc2c1-c1ccc2c(c1)c(=O)[nH]n2Cc1ccccc1. The van der Waals surface area contributed by atoms with Crippen LogP contribution in [0.5, 0.6) is 0 Å². The molecular formula is C24H19N3O3S. The second-order valence-corrected chi connectivity index (χ2v) is 8.98. The number of primary sulfonamides is 1. The molecular weight excluding hydrogens is 410 g/mol. The molecule has 0 aliphatic carbocycles. The van der Waals surface area contributed by atoms with Crippen LogP contribution in [0.25, 0.3) is 32.8 Å². The molecule has 0 unspecified atom stereocenters. The predicted molar refractivity (Wildman–Crippen MR) is 122 cm³/mol. The lowest BCUT2D eigenvalue weighted by molar-refractivity contribution is 0.598. The summed E-state index contributed by atoms with van der Waals surface area (Å²) in [5.41, 5.74) is 2.69. The van der Waals surface area contributed by atoms with E-state index in [9.17, 15) is 13.2 Å². The Balaban J connectivity index is 1.73. The fourth-order valence-corrected chi connectivity index (χ4v) is 4.80. The van der Waals surface area contributed by atoms with Crippen LogP contribution in [0.4, 0.5) is 0 Å². The maximum atomic E-state index is 12.7. The van der Waals surface area contributed by atoms with Gasteiger partial charge >= 0.3 is 0 Å². The number of sulfonamides is 1. The average Bonchev–Trinajstić information content (AvgIpc) is 3.07. The largest absolute Gasteiger partial charge is 0.280 e. The van der Waals surface area contributed by atoms with E-state index in [1.807, 2.05) is 66.7 Å². The van der Waals surface area contributed by atoms with Gasteiger partial charge in [-0.3, -0.25) is 14.6 Å². The number of hydrogen-bond acceptors (Lipinski definition) is 3. The number of aromatic amines is 1. The minimum Gasteiger partial charge on any atom is -0.280 e. The highest BCUT2D eigenvalue weighted by molar-refractivity contribution is 7.89. The molecule has 5 rings (SSSR count). The zero-order valence-corrected chi connectivity index (χ0v) is 17.3. The normalized spacial score (nSPS) is 11.9. The summed E-state index contributed by atoms with van der Waals surface area (Å²) >= 11 is 0. The topological polar surface area (TPSA) is 98.0 Å². The maximum Gasteiger partial charge on any atom is 0.272 e. The van der Waals surface area contributed by atoms with Gasteiger partial charge in [0.15, 0.2) is 0 Å². The molecule has 0 bridgehead atoms. The van der Waals surface area contributed by atoms with Crippen molar-refractivity contribution in [3.8, 4) is 11.1 Å². The van der Waals surface area contributed by atoms with Crippen LogP contribution >= 0.6 is 0 Å². The zero-order valence-electron chi connectivity index (χ0n) is 16.4. The quantitative estimate of drug-likeness (QED) is 0.454. The van der Waals surface area contributed by atoms with Crippen LogP contribution in [0.3, 0.4) is 0 Å². The molecule has 6 nitrogen and oxygen atoms in total. The molecule has 154 valence electrons. The second-order valence-electron chi connectivity index (χ2n) is 7.45. The van der Waals surface area contributed by atoms with Gasteiger partial charge in [0.25, 0.3) is 5.56 Å². The van der Waals surface area contributed by atoms with Crippen molar-refractivity contribution >= 4 is 31.7 Å². The summed E-state index contributed by atoms with van der Waals surface area (Å²) in [7, 11) is -3.96. The van der Waals surface area contributed by atoms with Crippen molar-refractivity contribution in [2.24, 2.45) is 5.14 Å². The van der Waals surface area contributed by atoms with Gasteiger partial charge in [-0.25, -0.2) is 13.6 Å². The van der Waals surface area contributed by atoms with Crippen LogP contribution in [0.2, 0.25) is 0 Å². The van der Waals surface area contributed by atoms with E-state index in [4.69, 9.17) is 5.14 Å². The van der Waals surface area contributed by atoms with Crippen molar-refractivity contribution in [2.45, 2.75) is 11.4 Å². The van der Waals surface area contributed by atoms with E-state index in [0.717, 1.165) is 21.9 Å². The summed E-state index contributed by atoms with van der Waals surface area (Å²) in [6.07, 6.45) is 0. The Kier molecular flexibility index (Phi) is 4.50. The minimum atomic E-state index is -3.96. The van der Waals surface area contributed by atoms with E-state index >= 15 is 0 Å². The van der Waals surface area contributed by atoms with Gasteiger partial charge in [-0.15, -0.1) is 0 Å². The highest BCUT2D eigenvalue weighted by Crippen LogP contribution is 2.35. The van der Waals surface area contributed by atoms with Gasteiger partial charge in [-0.1, -0.05) is 66.7 Å². The van der Waals surface area contributed by atoms with Crippen LogP contribution in [-0.4, -0.2) is 18.2 Å². The molecule has 7 heteroatoms. The second kappa shape index (κ2) is 7.23. The average molecular weight is 430 g/mol. The van der Waals surface area contributed by atoms with Gasteiger partial charge in [0.05, 0.1) is 22.3 Å². The molecule has 1 aromatic heterocycles. The Morgan fingerprint density at radius 3 is 2.35 bits per heavy atom. The number of rotatable bonds is 4. The van der Waals surface area contributed by atoms with E-state index in [-0.39, 0.29) is 10.5 Å². The van der Waals surface area contributed by atoms with E-state index in [1.165, 1.54) is 6.07 Å². The number of nitrogens with zero attached hydrogens (tertiary/aromatic N) is 1. The fraction of sp³-hybridized carbons (Fsp3) is 0.0417. The third-order valence-corrected chi connectivity index (χ3v) is 6.39. The molecule has 1 heterocycles. The number of hydrogen-bond donors (Lipinski definition) is 2. The van der Waals surface area contributed by atoms with Gasteiger partial charge in [-0.2, -0.15) is 0 Å². The van der Waals surface area contributed by atoms with Gasteiger partial charge in [0, 0.05) is 5.56 Å². The Morgan fingerprint density at radius 1 is 0.839 bits per heavy atom. The Labute approximate surface area is 178 Å². The first-order chi connectivity index (χ1) is 14.9. The molecule has 0 aliphatic heterocycles. The highest BCUT2D eigenvalue weighted by Gasteiger charge is 2.19.